The summed E-state index contributed by atoms with van der Waals surface area (Å²) in [6.45, 7) is 10.1. The molecule has 142 valence electrons. The number of hydrogen-bond donors (Lipinski definition) is 1. The number of para-hydroxylation sites is 1. The number of esters is 1. The van der Waals surface area contributed by atoms with Crippen molar-refractivity contribution in [3.8, 4) is 0 Å². The second-order valence-corrected chi connectivity index (χ2v) is 8.03. The number of hydrogen-bond acceptors (Lipinski definition) is 3. The number of rotatable bonds is 4. The highest BCUT2D eigenvalue weighted by Gasteiger charge is 2.43. The lowest BCUT2D eigenvalue weighted by Gasteiger charge is -2.34. The summed E-state index contributed by atoms with van der Waals surface area (Å²) >= 11 is 0. The van der Waals surface area contributed by atoms with Gasteiger partial charge in [-0.15, -0.1) is 0 Å². The van der Waals surface area contributed by atoms with Gasteiger partial charge in [0.1, 0.15) is 0 Å². The smallest absolute Gasteiger partial charge is 0.339 e. The first kappa shape index (κ1) is 19.2. The van der Waals surface area contributed by atoms with Crippen molar-refractivity contribution in [3.05, 3.63) is 64.7 Å². The van der Waals surface area contributed by atoms with Crippen molar-refractivity contribution in [3.63, 3.8) is 0 Å². The molecule has 1 amide bonds. The number of carbonyl (C=O) groups excluding carboxylic acids is 2. The summed E-state index contributed by atoms with van der Waals surface area (Å²) in [7, 11) is 0. The zero-order valence-corrected chi connectivity index (χ0v) is 16.6. The zero-order valence-electron chi connectivity index (χ0n) is 16.6. The molecule has 1 atom stereocenters. The van der Waals surface area contributed by atoms with Gasteiger partial charge in [-0.3, -0.25) is 4.79 Å². The van der Waals surface area contributed by atoms with Gasteiger partial charge in [0.2, 0.25) is 0 Å². The Labute approximate surface area is 160 Å². The molecule has 4 heteroatoms. The Balaban J connectivity index is 1.96. The number of ether oxygens (including phenoxy) is 1. The molecule has 0 radical (unpaired) electrons. The van der Waals surface area contributed by atoms with Crippen molar-refractivity contribution in [1.82, 2.24) is 0 Å². The van der Waals surface area contributed by atoms with Gasteiger partial charge in [-0.05, 0) is 41.5 Å². The maximum absolute atomic E-state index is 13.2. The van der Waals surface area contributed by atoms with E-state index in [1.807, 2.05) is 30.3 Å². The first-order chi connectivity index (χ1) is 12.7. The van der Waals surface area contributed by atoms with Gasteiger partial charge < -0.3 is 10.1 Å². The van der Waals surface area contributed by atoms with Crippen LogP contribution in [0.3, 0.4) is 0 Å². The van der Waals surface area contributed by atoms with Crippen LogP contribution in [0, 0.1) is 0 Å². The molecule has 0 saturated carbocycles. The monoisotopic (exact) mass is 365 g/mol. The SMILES string of the molecule is CC(C)c1cccc(C(C)C)c1NC(=O)C1(C)Cc2ccccc2C(=O)O1. The number of carbonyl (C=O) groups is 2. The molecule has 0 fully saturated rings. The minimum Gasteiger partial charge on any atom is -0.445 e. The zero-order chi connectivity index (χ0) is 19.8. The van der Waals surface area contributed by atoms with E-state index in [0.29, 0.717) is 12.0 Å². The molecule has 1 unspecified atom stereocenters. The van der Waals surface area contributed by atoms with Crippen LogP contribution in [-0.2, 0) is 16.0 Å². The van der Waals surface area contributed by atoms with Gasteiger partial charge in [0, 0.05) is 12.1 Å². The second-order valence-electron chi connectivity index (χ2n) is 8.03. The van der Waals surface area contributed by atoms with Crippen molar-refractivity contribution < 1.29 is 14.3 Å². The number of cyclic esters (lactones) is 1. The summed E-state index contributed by atoms with van der Waals surface area (Å²) in [6.07, 6.45) is 0.363. The highest BCUT2D eigenvalue weighted by molar-refractivity contribution is 6.03. The van der Waals surface area contributed by atoms with E-state index in [2.05, 4.69) is 33.0 Å². The number of anilines is 1. The minimum absolute atomic E-state index is 0.265. The van der Waals surface area contributed by atoms with E-state index < -0.39 is 11.6 Å². The Kier molecular flexibility index (Phi) is 5.09. The van der Waals surface area contributed by atoms with Gasteiger partial charge in [-0.2, -0.15) is 0 Å². The van der Waals surface area contributed by atoms with E-state index in [-0.39, 0.29) is 17.7 Å². The van der Waals surface area contributed by atoms with E-state index in [0.717, 1.165) is 22.4 Å². The van der Waals surface area contributed by atoms with Gasteiger partial charge in [-0.1, -0.05) is 64.1 Å². The number of amides is 1. The Hall–Kier alpha value is -2.62. The van der Waals surface area contributed by atoms with Crippen molar-refractivity contribution in [2.45, 2.75) is 58.5 Å². The molecule has 3 rings (SSSR count). The molecule has 1 heterocycles. The van der Waals surface area contributed by atoms with Crippen LogP contribution in [0.2, 0.25) is 0 Å². The highest BCUT2D eigenvalue weighted by Crippen LogP contribution is 2.35. The summed E-state index contributed by atoms with van der Waals surface area (Å²) in [6, 6.07) is 13.4. The molecule has 0 bridgehead atoms. The molecule has 1 aliphatic rings. The molecule has 27 heavy (non-hydrogen) atoms. The van der Waals surface area contributed by atoms with Crippen LogP contribution in [0.5, 0.6) is 0 Å². The molecule has 0 aromatic heterocycles. The Morgan fingerprint density at radius 1 is 1.00 bits per heavy atom. The van der Waals surface area contributed by atoms with Gasteiger partial charge in [0.15, 0.2) is 5.60 Å². The molecule has 0 aliphatic carbocycles. The van der Waals surface area contributed by atoms with Gasteiger partial charge in [0.25, 0.3) is 5.91 Å². The molecule has 2 aromatic rings. The highest BCUT2D eigenvalue weighted by atomic mass is 16.6. The largest absolute Gasteiger partial charge is 0.445 e. The lowest BCUT2D eigenvalue weighted by atomic mass is 9.88. The van der Waals surface area contributed by atoms with Crippen molar-refractivity contribution >= 4 is 17.6 Å². The predicted molar refractivity (Wildman–Crippen MR) is 107 cm³/mol. The average molecular weight is 365 g/mol. The standard InChI is InChI=1S/C23H27NO3/c1-14(2)17-11-8-12-18(15(3)4)20(17)24-22(26)23(5)13-16-9-6-7-10-19(16)21(25)27-23/h6-12,14-15H,13H2,1-5H3,(H,24,26). The second kappa shape index (κ2) is 7.18. The van der Waals surface area contributed by atoms with Gasteiger partial charge in [-0.25, -0.2) is 4.79 Å². The first-order valence-corrected chi connectivity index (χ1v) is 9.48. The third-order valence-corrected chi connectivity index (χ3v) is 5.17. The fourth-order valence-electron chi connectivity index (χ4n) is 3.60. The van der Waals surface area contributed by atoms with Crippen molar-refractivity contribution in [2.75, 3.05) is 5.32 Å². The lowest BCUT2D eigenvalue weighted by molar-refractivity contribution is -0.134. The predicted octanol–water partition coefficient (Wildman–Crippen LogP) is 5.04. The Bertz CT molecular complexity index is 859. The number of fused-ring (bicyclic) bond motifs is 1. The summed E-state index contributed by atoms with van der Waals surface area (Å²) in [5.41, 5.74) is 3.15. The maximum atomic E-state index is 13.2. The molecule has 2 aromatic carbocycles. The average Bonchev–Trinajstić information content (AvgIpc) is 2.61. The third-order valence-electron chi connectivity index (χ3n) is 5.17. The summed E-state index contributed by atoms with van der Waals surface area (Å²) in [4.78, 5) is 25.6. The van der Waals surface area contributed by atoms with E-state index in [9.17, 15) is 9.59 Å². The lowest BCUT2D eigenvalue weighted by Crippen LogP contribution is -2.49. The Morgan fingerprint density at radius 3 is 2.19 bits per heavy atom. The van der Waals surface area contributed by atoms with Crippen LogP contribution in [0.4, 0.5) is 5.69 Å². The topological polar surface area (TPSA) is 55.4 Å². The van der Waals surface area contributed by atoms with E-state index in [1.165, 1.54) is 0 Å². The Morgan fingerprint density at radius 2 is 1.59 bits per heavy atom. The molecular weight excluding hydrogens is 338 g/mol. The molecule has 0 saturated heterocycles. The van der Waals surface area contributed by atoms with E-state index >= 15 is 0 Å². The fraction of sp³-hybridized carbons (Fsp3) is 0.391. The molecule has 0 spiro atoms. The van der Waals surface area contributed by atoms with Crippen LogP contribution in [0.1, 0.15) is 73.5 Å². The molecular formula is C23H27NO3. The molecule has 1 aliphatic heterocycles. The maximum Gasteiger partial charge on any atom is 0.339 e. The van der Waals surface area contributed by atoms with Gasteiger partial charge in [0.05, 0.1) is 5.56 Å². The molecule has 4 nitrogen and oxygen atoms in total. The normalized spacial score (nSPS) is 19.0. The number of benzene rings is 2. The van der Waals surface area contributed by atoms with Crippen LogP contribution in [-0.4, -0.2) is 17.5 Å². The van der Waals surface area contributed by atoms with Crippen molar-refractivity contribution in [1.29, 1.82) is 0 Å². The number of nitrogens with one attached hydrogen (secondary N) is 1. The summed E-state index contributed by atoms with van der Waals surface area (Å²) < 4.78 is 5.58. The van der Waals surface area contributed by atoms with Crippen LogP contribution in [0.25, 0.3) is 0 Å². The van der Waals surface area contributed by atoms with Crippen LogP contribution < -0.4 is 5.32 Å². The van der Waals surface area contributed by atoms with Crippen LogP contribution in [0.15, 0.2) is 42.5 Å². The summed E-state index contributed by atoms with van der Waals surface area (Å²) in [5.74, 6) is -0.209. The summed E-state index contributed by atoms with van der Waals surface area (Å²) in [5, 5.41) is 3.09. The third kappa shape index (κ3) is 3.61. The van der Waals surface area contributed by atoms with E-state index in [4.69, 9.17) is 4.74 Å². The first-order valence-electron chi connectivity index (χ1n) is 9.48. The molecule has 1 N–H and O–H groups in total. The fourth-order valence-corrected chi connectivity index (χ4v) is 3.60. The van der Waals surface area contributed by atoms with E-state index in [1.54, 1.807) is 19.1 Å². The quantitative estimate of drug-likeness (QED) is 0.772. The van der Waals surface area contributed by atoms with Gasteiger partial charge >= 0.3 is 5.97 Å². The van der Waals surface area contributed by atoms with Crippen molar-refractivity contribution in [2.24, 2.45) is 0 Å². The van der Waals surface area contributed by atoms with Crippen LogP contribution >= 0.6 is 0 Å². The minimum atomic E-state index is -1.23.